The first-order valence-corrected chi connectivity index (χ1v) is 9.01. The van der Waals surface area contributed by atoms with Crippen molar-refractivity contribution < 1.29 is 5.11 Å². The number of hydrogen-bond donors (Lipinski definition) is 2. The van der Waals surface area contributed by atoms with E-state index in [1.165, 1.54) is 5.56 Å². The Morgan fingerprint density at radius 2 is 1.56 bits per heavy atom. The fourth-order valence-electron chi connectivity index (χ4n) is 3.09. The molecule has 0 radical (unpaired) electrons. The van der Waals surface area contributed by atoms with Gasteiger partial charge in [0.15, 0.2) is 0 Å². The minimum Gasteiger partial charge on any atom is -0.507 e. The Bertz CT molecular complexity index is 939. The number of benzene rings is 2. The van der Waals surface area contributed by atoms with Crippen molar-refractivity contribution in [2.24, 2.45) is 0 Å². The van der Waals surface area contributed by atoms with Crippen LogP contribution in [0, 0.1) is 0 Å². The minimum atomic E-state index is -0.143. The number of aromatic nitrogens is 1. The van der Waals surface area contributed by atoms with Gasteiger partial charge in [-0.2, -0.15) is 0 Å². The molecule has 0 unspecified atom stereocenters. The van der Waals surface area contributed by atoms with Crippen LogP contribution in [0.15, 0.2) is 36.4 Å². The second-order valence-electron chi connectivity index (χ2n) is 8.83. The smallest absolute Gasteiger partial charge is 0.128 e. The highest BCUT2D eigenvalue weighted by Gasteiger charge is 2.25. The van der Waals surface area contributed by atoms with Crippen molar-refractivity contribution in [3.8, 4) is 17.0 Å². The first-order valence-electron chi connectivity index (χ1n) is 8.63. The number of halogens is 1. The summed E-state index contributed by atoms with van der Waals surface area (Å²) in [7, 11) is 0. The van der Waals surface area contributed by atoms with Gasteiger partial charge >= 0.3 is 0 Å². The van der Waals surface area contributed by atoms with Crippen LogP contribution in [0.4, 0.5) is 0 Å². The van der Waals surface area contributed by atoms with Crippen LogP contribution in [0.5, 0.6) is 5.75 Å². The first kappa shape index (κ1) is 17.9. The molecule has 0 amide bonds. The van der Waals surface area contributed by atoms with Gasteiger partial charge in [-0.3, -0.25) is 0 Å². The molecule has 0 atom stereocenters. The second kappa shape index (κ2) is 5.81. The molecule has 0 fully saturated rings. The highest BCUT2D eigenvalue weighted by Crippen LogP contribution is 2.42. The minimum absolute atomic E-state index is 0.00221. The van der Waals surface area contributed by atoms with Crippen molar-refractivity contribution in [2.45, 2.75) is 52.4 Å². The molecule has 0 spiro atoms. The number of fused-ring (bicyclic) bond motifs is 1. The molecule has 3 aromatic rings. The van der Waals surface area contributed by atoms with Gasteiger partial charge in [0.25, 0.3) is 0 Å². The summed E-state index contributed by atoms with van der Waals surface area (Å²) in [6.45, 7) is 13.0. The van der Waals surface area contributed by atoms with Crippen molar-refractivity contribution in [3.63, 3.8) is 0 Å². The third kappa shape index (κ3) is 3.41. The van der Waals surface area contributed by atoms with Crippen molar-refractivity contribution in [1.82, 2.24) is 4.98 Å². The Labute approximate surface area is 154 Å². The number of phenols is 1. The Morgan fingerprint density at radius 1 is 0.880 bits per heavy atom. The summed E-state index contributed by atoms with van der Waals surface area (Å²) in [5.41, 5.74) is 4.79. The van der Waals surface area contributed by atoms with Gasteiger partial charge in [-0.25, -0.2) is 0 Å². The van der Waals surface area contributed by atoms with Crippen molar-refractivity contribution in [2.75, 3.05) is 0 Å². The second-order valence-corrected chi connectivity index (χ2v) is 9.27. The molecule has 0 aliphatic carbocycles. The lowest BCUT2D eigenvalue weighted by Crippen LogP contribution is -2.17. The monoisotopic (exact) mass is 355 g/mol. The van der Waals surface area contributed by atoms with E-state index in [1.54, 1.807) is 0 Å². The Balaban J connectivity index is 2.29. The molecule has 0 saturated heterocycles. The molecule has 25 heavy (non-hydrogen) atoms. The normalized spacial score (nSPS) is 12.8. The highest BCUT2D eigenvalue weighted by atomic mass is 35.5. The van der Waals surface area contributed by atoms with Crippen LogP contribution in [-0.2, 0) is 10.8 Å². The molecule has 132 valence electrons. The highest BCUT2D eigenvalue weighted by molar-refractivity contribution is 6.31. The largest absolute Gasteiger partial charge is 0.507 e. The molecule has 0 aliphatic rings. The van der Waals surface area contributed by atoms with E-state index in [4.69, 9.17) is 11.6 Å². The number of H-pyrrole nitrogens is 1. The van der Waals surface area contributed by atoms with Gasteiger partial charge in [-0.1, -0.05) is 59.2 Å². The van der Waals surface area contributed by atoms with Crippen molar-refractivity contribution in [3.05, 3.63) is 52.5 Å². The molecule has 0 bridgehead atoms. The first-order chi connectivity index (χ1) is 11.5. The number of hydrogen-bond acceptors (Lipinski definition) is 1. The molecule has 3 heteroatoms. The maximum atomic E-state index is 11.0. The summed E-state index contributed by atoms with van der Waals surface area (Å²) >= 11 is 6.11. The van der Waals surface area contributed by atoms with E-state index in [0.29, 0.717) is 10.8 Å². The molecule has 2 nitrogen and oxygen atoms in total. The number of phenolic OH excluding ortho intramolecular Hbond substituents is 1. The average Bonchev–Trinajstić information content (AvgIpc) is 2.87. The summed E-state index contributed by atoms with van der Waals surface area (Å²) in [6.07, 6.45) is 0. The standard InChI is InChI=1S/C22H26ClNO/c1-21(2,3)14-11-16(20(25)17(12-14)22(4,5)6)19-10-13-9-15(23)7-8-18(13)24-19/h7-12,24-25H,1-6H3. The lowest BCUT2D eigenvalue weighted by Gasteiger charge is -2.27. The number of aromatic hydroxyl groups is 1. The molecule has 1 heterocycles. The van der Waals surface area contributed by atoms with Gasteiger partial charge < -0.3 is 10.1 Å². The van der Waals surface area contributed by atoms with Gasteiger partial charge in [-0.15, -0.1) is 0 Å². The zero-order chi connectivity index (χ0) is 18.6. The Hall–Kier alpha value is -1.93. The molecule has 1 aromatic heterocycles. The predicted molar refractivity (Wildman–Crippen MR) is 108 cm³/mol. The molecule has 0 saturated carbocycles. The Kier molecular flexibility index (Phi) is 4.15. The SMILES string of the molecule is CC(C)(C)c1cc(-c2cc3cc(Cl)ccc3[nH]2)c(O)c(C(C)(C)C)c1. The quantitative estimate of drug-likeness (QED) is 0.495. The van der Waals surface area contributed by atoms with Crippen LogP contribution in [0.1, 0.15) is 52.7 Å². The molecular weight excluding hydrogens is 330 g/mol. The summed E-state index contributed by atoms with van der Waals surface area (Å²) in [6, 6.07) is 12.1. The lowest BCUT2D eigenvalue weighted by molar-refractivity contribution is 0.446. The number of aromatic amines is 1. The van der Waals surface area contributed by atoms with E-state index in [9.17, 15) is 5.11 Å². The lowest BCUT2D eigenvalue weighted by atomic mass is 9.78. The third-order valence-corrected chi connectivity index (χ3v) is 4.89. The van der Waals surface area contributed by atoms with E-state index in [2.05, 4.69) is 64.7 Å². The van der Waals surface area contributed by atoms with Crippen LogP contribution >= 0.6 is 11.6 Å². The maximum absolute atomic E-state index is 11.0. The number of nitrogens with one attached hydrogen (secondary N) is 1. The summed E-state index contributed by atoms with van der Waals surface area (Å²) in [4.78, 5) is 3.42. The fraction of sp³-hybridized carbons (Fsp3) is 0.364. The van der Waals surface area contributed by atoms with E-state index in [1.807, 2.05) is 18.2 Å². The van der Waals surface area contributed by atoms with Crippen LogP contribution in [0.3, 0.4) is 0 Å². The van der Waals surface area contributed by atoms with E-state index >= 15 is 0 Å². The summed E-state index contributed by atoms with van der Waals surface area (Å²) in [5, 5.41) is 12.8. The van der Waals surface area contributed by atoms with Gasteiger partial charge in [0.05, 0.1) is 5.69 Å². The maximum Gasteiger partial charge on any atom is 0.128 e. The van der Waals surface area contributed by atoms with Crippen molar-refractivity contribution >= 4 is 22.5 Å². The molecule has 3 rings (SSSR count). The summed E-state index contributed by atoms with van der Waals surface area (Å²) in [5.74, 6) is 0.346. The van der Waals surface area contributed by atoms with Crippen molar-refractivity contribution in [1.29, 1.82) is 0 Å². The van der Waals surface area contributed by atoms with E-state index in [-0.39, 0.29) is 10.8 Å². The van der Waals surface area contributed by atoms with Crippen LogP contribution in [-0.4, -0.2) is 10.1 Å². The summed E-state index contributed by atoms with van der Waals surface area (Å²) < 4.78 is 0. The topological polar surface area (TPSA) is 36.0 Å². The zero-order valence-corrected chi connectivity index (χ0v) is 16.5. The average molecular weight is 356 g/mol. The van der Waals surface area contributed by atoms with E-state index < -0.39 is 0 Å². The molecule has 2 aromatic carbocycles. The van der Waals surface area contributed by atoms with Crippen LogP contribution in [0.25, 0.3) is 22.2 Å². The van der Waals surface area contributed by atoms with Gasteiger partial charge in [0.2, 0.25) is 0 Å². The Morgan fingerprint density at radius 3 is 2.16 bits per heavy atom. The molecule has 0 aliphatic heterocycles. The van der Waals surface area contributed by atoms with E-state index in [0.717, 1.165) is 27.7 Å². The molecule has 2 N–H and O–H groups in total. The van der Waals surface area contributed by atoms with Gasteiger partial charge in [0.1, 0.15) is 5.75 Å². The van der Waals surface area contributed by atoms with Crippen LogP contribution < -0.4 is 0 Å². The third-order valence-electron chi connectivity index (χ3n) is 4.66. The van der Waals surface area contributed by atoms with Gasteiger partial charge in [0, 0.05) is 27.1 Å². The van der Waals surface area contributed by atoms with Crippen LogP contribution in [0.2, 0.25) is 5.02 Å². The number of rotatable bonds is 1. The molecular formula is C22H26ClNO. The van der Waals surface area contributed by atoms with Gasteiger partial charge in [-0.05, 0) is 46.7 Å². The zero-order valence-electron chi connectivity index (χ0n) is 15.8. The fourth-order valence-corrected chi connectivity index (χ4v) is 3.27. The predicted octanol–water partition coefficient (Wildman–Crippen LogP) is 6.79.